The molecule has 0 aromatic heterocycles. The molecule has 5 heteroatoms. The Labute approximate surface area is 97.4 Å². The number of hydrogen-bond donors (Lipinski definition) is 5. The number of aliphatic hydroxyl groups excluding tert-OH is 4. The van der Waals surface area contributed by atoms with E-state index in [1.54, 1.807) is 0 Å². The summed E-state index contributed by atoms with van der Waals surface area (Å²) in [7, 11) is 0. The first-order chi connectivity index (χ1) is 7.58. The van der Waals surface area contributed by atoms with E-state index >= 15 is 0 Å². The first-order valence-electron chi connectivity index (χ1n) is 5.84. The van der Waals surface area contributed by atoms with Crippen LogP contribution in [0.2, 0.25) is 0 Å². The lowest BCUT2D eigenvalue weighted by Gasteiger charge is -2.01. The van der Waals surface area contributed by atoms with Crippen molar-refractivity contribution in [3.8, 4) is 0 Å². The summed E-state index contributed by atoms with van der Waals surface area (Å²) in [5.74, 6) is 0. The molecule has 0 radical (unpaired) electrons. The SMILES string of the molecule is CCCCCCCC(O)O.OCC(O)CO. The van der Waals surface area contributed by atoms with E-state index in [-0.39, 0.29) is 13.2 Å². The van der Waals surface area contributed by atoms with Crippen LogP contribution in [0.1, 0.15) is 45.4 Å². The second-order valence-electron chi connectivity index (χ2n) is 3.70. The van der Waals surface area contributed by atoms with Gasteiger partial charge in [0.05, 0.1) is 13.2 Å². The van der Waals surface area contributed by atoms with Crippen molar-refractivity contribution in [2.24, 2.45) is 0 Å². The minimum absolute atomic E-state index is 0.365. The van der Waals surface area contributed by atoms with Gasteiger partial charge in [0.25, 0.3) is 0 Å². The van der Waals surface area contributed by atoms with Gasteiger partial charge in [-0.3, -0.25) is 0 Å². The highest BCUT2D eigenvalue weighted by Crippen LogP contribution is 2.05. The average Bonchev–Trinajstić information content (AvgIpc) is 2.28. The maximum Gasteiger partial charge on any atom is 0.151 e. The molecule has 16 heavy (non-hydrogen) atoms. The maximum atomic E-state index is 8.46. The van der Waals surface area contributed by atoms with E-state index in [9.17, 15) is 0 Å². The highest BCUT2D eigenvalue weighted by atomic mass is 16.5. The van der Waals surface area contributed by atoms with Gasteiger partial charge in [-0.05, 0) is 12.8 Å². The van der Waals surface area contributed by atoms with Gasteiger partial charge in [0, 0.05) is 0 Å². The van der Waals surface area contributed by atoms with Crippen LogP contribution in [0.5, 0.6) is 0 Å². The fourth-order valence-corrected chi connectivity index (χ4v) is 0.988. The first kappa shape index (κ1) is 18.2. The van der Waals surface area contributed by atoms with Crippen molar-refractivity contribution in [3.63, 3.8) is 0 Å². The van der Waals surface area contributed by atoms with Crippen LogP contribution in [-0.2, 0) is 0 Å². The van der Waals surface area contributed by atoms with E-state index in [4.69, 9.17) is 25.5 Å². The van der Waals surface area contributed by atoms with Gasteiger partial charge in [-0.15, -0.1) is 0 Å². The summed E-state index contributed by atoms with van der Waals surface area (Å²) in [4.78, 5) is 0. The molecule has 5 N–H and O–H groups in total. The average molecular weight is 238 g/mol. The van der Waals surface area contributed by atoms with E-state index in [2.05, 4.69) is 6.92 Å². The van der Waals surface area contributed by atoms with E-state index < -0.39 is 12.4 Å². The van der Waals surface area contributed by atoms with Crippen LogP contribution in [0, 0.1) is 0 Å². The van der Waals surface area contributed by atoms with Gasteiger partial charge in [0.1, 0.15) is 6.10 Å². The molecule has 0 amide bonds. The third kappa shape index (κ3) is 19.4. The van der Waals surface area contributed by atoms with Gasteiger partial charge in [-0.1, -0.05) is 32.6 Å². The Bertz CT molecular complexity index is 115. The molecule has 0 unspecified atom stereocenters. The lowest BCUT2D eigenvalue weighted by Crippen LogP contribution is -2.15. The maximum absolute atomic E-state index is 8.46. The van der Waals surface area contributed by atoms with E-state index in [1.165, 1.54) is 19.3 Å². The second-order valence-corrected chi connectivity index (χ2v) is 3.70. The Balaban J connectivity index is 0. The summed E-state index contributed by atoms with van der Waals surface area (Å²) in [6.07, 6.45) is 4.28. The molecule has 0 aliphatic carbocycles. The zero-order valence-electron chi connectivity index (χ0n) is 10.0. The third-order valence-electron chi connectivity index (χ3n) is 1.99. The predicted molar refractivity (Wildman–Crippen MR) is 61.8 cm³/mol. The minimum atomic E-state index is -1.10. The molecule has 0 aliphatic heterocycles. The summed E-state index contributed by atoms with van der Waals surface area (Å²) in [5.41, 5.74) is 0. The van der Waals surface area contributed by atoms with Gasteiger partial charge < -0.3 is 25.5 Å². The van der Waals surface area contributed by atoms with Crippen molar-refractivity contribution in [1.29, 1.82) is 0 Å². The van der Waals surface area contributed by atoms with Crippen molar-refractivity contribution in [2.75, 3.05) is 13.2 Å². The van der Waals surface area contributed by atoms with Crippen molar-refractivity contribution in [3.05, 3.63) is 0 Å². The van der Waals surface area contributed by atoms with Crippen LogP contribution in [0.25, 0.3) is 0 Å². The summed E-state index contributed by atoms with van der Waals surface area (Å²) in [5, 5.41) is 40.9. The van der Waals surface area contributed by atoms with E-state index in [0.29, 0.717) is 6.42 Å². The Morgan fingerprint density at radius 3 is 1.62 bits per heavy atom. The van der Waals surface area contributed by atoms with Crippen LogP contribution in [0.15, 0.2) is 0 Å². The van der Waals surface area contributed by atoms with Crippen LogP contribution >= 0.6 is 0 Å². The molecule has 0 heterocycles. The quantitative estimate of drug-likeness (QED) is 0.302. The monoisotopic (exact) mass is 238 g/mol. The van der Waals surface area contributed by atoms with Crippen LogP contribution < -0.4 is 0 Å². The Hall–Kier alpha value is -0.200. The van der Waals surface area contributed by atoms with Gasteiger partial charge >= 0.3 is 0 Å². The normalized spacial score (nSPS) is 10.5. The summed E-state index contributed by atoms with van der Waals surface area (Å²) in [6.45, 7) is 1.44. The standard InChI is InChI=1S/C8H18O2.C3H8O3/c1-2-3-4-5-6-7-8(9)10;4-1-3(6)2-5/h8-10H,2-7H2,1H3;3-6H,1-2H2. The smallest absolute Gasteiger partial charge is 0.151 e. The molecule has 100 valence electrons. The highest BCUT2D eigenvalue weighted by Gasteiger charge is 1.95. The largest absolute Gasteiger partial charge is 0.394 e. The predicted octanol–water partition coefficient (Wildman–Crippen LogP) is -0.0105. The van der Waals surface area contributed by atoms with Crippen molar-refractivity contribution < 1.29 is 25.5 Å². The van der Waals surface area contributed by atoms with Gasteiger partial charge in [0.15, 0.2) is 6.29 Å². The summed E-state index contributed by atoms with van der Waals surface area (Å²) < 4.78 is 0. The molecule has 0 atom stereocenters. The van der Waals surface area contributed by atoms with E-state index in [1.807, 2.05) is 0 Å². The number of hydrogen-bond acceptors (Lipinski definition) is 5. The zero-order chi connectivity index (χ0) is 12.8. The summed E-state index contributed by atoms with van der Waals surface area (Å²) in [6, 6.07) is 0. The van der Waals surface area contributed by atoms with Gasteiger partial charge in [0.2, 0.25) is 0 Å². The third-order valence-corrected chi connectivity index (χ3v) is 1.99. The minimum Gasteiger partial charge on any atom is -0.394 e. The molecular weight excluding hydrogens is 212 g/mol. The molecule has 0 bridgehead atoms. The zero-order valence-corrected chi connectivity index (χ0v) is 10.0. The highest BCUT2D eigenvalue weighted by molar-refractivity contribution is 4.44. The molecule has 0 aromatic carbocycles. The van der Waals surface area contributed by atoms with Gasteiger partial charge in [-0.2, -0.15) is 0 Å². The number of aliphatic hydroxyl groups is 5. The van der Waals surface area contributed by atoms with Crippen molar-refractivity contribution >= 4 is 0 Å². The topological polar surface area (TPSA) is 101 Å². The summed E-state index contributed by atoms with van der Waals surface area (Å²) >= 11 is 0. The molecule has 0 saturated carbocycles. The van der Waals surface area contributed by atoms with Crippen LogP contribution in [0.4, 0.5) is 0 Å². The molecule has 0 rings (SSSR count). The molecule has 0 aromatic rings. The molecule has 0 spiro atoms. The van der Waals surface area contributed by atoms with Crippen LogP contribution in [-0.4, -0.2) is 51.1 Å². The van der Waals surface area contributed by atoms with Crippen molar-refractivity contribution in [2.45, 2.75) is 57.8 Å². The Morgan fingerprint density at radius 2 is 1.31 bits per heavy atom. The number of rotatable bonds is 8. The fourth-order valence-electron chi connectivity index (χ4n) is 0.988. The molecular formula is C11H26O5. The van der Waals surface area contributed by atoms with Crippen molar-refractivity contribution in [1.82, 2.24) is 0 Å². The Morgan fingerprint density at radius 1 is 0.812 bits per heavy atom. The first-order valence-corrected chi connectivity index (χ1v) is 5.84. The number of unbranched alkanes of at least 4 members (excludes halogenated alkanes) is 4. The molecule has 0 saturated heterocycles. The van der Waals surface area contributed by atoms with E-state index in [0.717, 1.165) is 12.8 Å². The lowest BCUT2D eigenvalue weighted by atomic mass is 10.1. The lowest BCUT2D eigenvalue weighted by molar-refractivity contribution is -0.0465. The second kappa shape index (κ2) is 14.8. The fraction of sp³-hybridized carbons (Fsp3) is 1.00. The Kier molecular flexibility index (Phi) is 16.8. The van der Waals surface area contributed by atoms with Gasteiger partial charge in [-0.25, -0.2) is 0 Å². The molecule has 5 nitrogen and oxygen atoms in total. The molecule has 0 fully saturated rings. The van der Waals surface area contributed by atoms with Crippen LogP contribution in [0.3, 0.4) is 0 Å². The molecule has 0 aliphatic rings.